The molecule has 29 heavy (non-hydrogen) atoms. The van der Waals surface area contributed by atoms with Gasteiger partial charge in [0.25, 0.3) is 0 Å². The van der Waals surface area contributed by atoms with E-state index in [4.69, 9.17) is 4.74 Å². The molecule has 1 saturated heterocycles. The molecule has 1 atom stereocenters. The molecule has 0 aliphatic carbocycles. The summed E-state index contributed by atoms with van der Waals surface area (Å²) in [6.07, 6.45) is 4.71. The number of ether oxygens (including phenoxy) is 1. The fraction of sp³-hybridized carbons (Fsp3) is 0.500. The molecule has 3 rings (SSSR count). The van der Waals surface area contributed by atoms with Crippen molar-refractivity contribution in [2.24, 2.45) is 12.0 Å². The van der Waals surface area contributed by atoms with Crippen molar-refractivity contribution in [2.75, 3.05) is 51.8 Å². The number of hydrogen-bond donors (Lipinski definition) is 1. The van der Waals surface area contributed by atoms with Crippen LogP contribution in [0.2, 0.25) is 0 Å². The number of morpholine rings is 1. The summed E-state index contributed by atoms with van der Waals surface area (Å²) in [6, 6.07) is 6.85. The quantitative estimate of drug-likeness (QED) is 0.277. The molecule has 7 nitrogen and oxygen atoms in total. The maximum absolute atomic E-state index is 13.9. The highest BCUT2D eigenvalue weighted by atomic mass is 127. The van der Waals surface area contributed by atoms with Gasteiger partial charge in [-0.3, -0.25) is 9.67 Å². The number of para-hydroxylation sites is 1. The molecule has 1 aliphatic rings. The van der Waals surface area contributed by atoms with E-state index in [1.54, 1.807) is 23.9 Å². The van der Waals surface area contributed by atoms with E-state index in [0.717, 1.165) is 44.1 Å². The minimum absolute atomic E-state index is 0. The Hall–Kier alpha value is -1.88. The topological polar surface area (TPSA) is 57.9 Å². The molecule has 2 aromatic rings. The Morgan fingerprint density at radius 3 is 2.90 bits per heavy atom. The first-order valence-corrected chi connectivity index (χ1v) is 9.60. The number of halogens is 2. The Morgan fingerprint density at radius 1 is 1.41 bits per heavy atom. The van der Waals surface area contributed by atoms with Gasteiger partial charge in [0, 0.05) is 52.5 Å². The van der Waals surface area contributed by atoms with Crippen LogP contribution < -0.4 is 10.2 Å². The smallest absolute Gasteiger partial charge is 0.193 e. The zero-order chi connectivity index (χ0) is 19.9. The molecule has 0 saturated carbocycles. The fourth-order valence-electron chi connectivity index (χ4n) is 3.38. The summed E-state index contributed by atoms with van der Waals surface area (Å²) in [5, 5.41) is 7.65. The minimum atomic E-state index is -0.191. The number of nitrogens with zero attached hydrogens (tertiary/aromatic N) is 5. The van der Waals surface area contributed by atoms with Crippen LogP contribution >= 0.6 is 24.0 Å². The zero-order valence-electron chi connectivity index (χ0n) is 17.2. The highest BCUT2D eigenvalue weighted by Gasteiger charge is 2.25. The second kappa shape index (κ2) is 11.3. The third kappa shape index (κ3) is 6.30. The first-order chi connectivity index (χ1) is 13.6. The number of anilines is 1. The summed E-state index contributed by atoms with van der Waals surface area (Å²) in [5.41, 5.74) is 1.70. The zero-order valence-corrected chi connectivity index (χ0v) is 19.5. The maximum Gasteiger partial charge on any atom is 0.193 e. The van der Waals surface area contributed by atoms with E-state index < -0.39 is 0 Å². The fourth-order valence-corrected chi connectivity index (χ4v) is 3.38. The van der Waals surface area contributed by atoms with Crippen LogP contribution in [0.3, 0.4) is 0 Å². The number of aliphatic imine (C=N–C) groups is 1. The van der Waals surface area contributed by atoms with Crippen molar-refractivity contribution in [3.8, 4) is 0 Å². The van der Waals surface area contributed by atoms with Crippen molar-refractivity contribution in [3.63, 3.8) is 0 Å². The number of nitrogens with one attached hydrogen (secondary N) is 1. The molecule has 1 fully saturated rings. The third-order valence-electron chi connectivity index (χ3n) is 4.89. The normalized spacial score (nSPS) is 17.0. The summed E-state index contributed by atoms with van der Waals surface area (Å²) >= 11 is 0. The van der Waals surface area contributed by atoms with Crippen LogP contribution in [-0.4, -0.2) is 67.5 Å². The lowest BCUT2D eigenvalue weighted by Gasteiger charge is -2.34. The van der Waals surface area contributed by atoms with Crippen LogP contribution in [0.4, 0.5) is 10.1 Å². The van der Waals surface area contributed by atoms with E-state index in [0.29, 0.717) is 12.3 Å². The highest BCUT2D eigenvalue weighted by Crippen LogP contribution is 2.21. The van der Waals surface area contributed by atoms with Crippen molar-refractivity contribution in [2.45, 2.75) is 12.5 Å². The Labute approximate surface area is 188 Å². The average molecular weight is 516 g/mol. The van der Waals surface area contributed by atoms with Gasteiger partial charge in [0.05, 0.1) is 25.0 Å². The maximum atomic E-state index is 13.9. The lowest BCUT2D eigenvalue weighted by atomic mass is 10.1. The SMILES string of the molecule is CN=C(NCCCN(C)c1ccccc1F)N1CCOC(c2cnn(C)c2)C1.I. The molecule has 9 heteroatoms. The van der Waals surface area contributed by atoms with E-state index >= 15 is 0 Å². The van der Waals surface area contributed by atoms with Gasteiger partial charge in [-0.25, -0.2) is 4.39 Å². The molecule has 0 bridgehead atoms. The van der Waals surface area contributed by atoms with E-state index in [-0.39, 0.29) is 35.9 Å². The molecular formula is C20H30FIN6O. The van der Waals surface area contributed by atoms with E-state index in [1.165, 1.54) is 6.07 Å². The summed E-state index contributed by atoms with van der Waals surface area (Å²) in [6.45, 7) is 3.70. The number of aromatic nitrogens is 2. The van der Waals surface area contributed by atoms with Crippen molar-refractivity contribution >= 4 is 35.6 Å². The minimum Gasteiger partial charge on any atom is -0.372 e. The molecule has 1 aromatic heterocycles. The number of benzene rings is 1. The van der Waals surface area contributed by atoms with Crippen LogP contribution in [0.5, 0.6) is 0 Å². The molecule has 1 aliphatic heterocycles. The summed E-state index contributed by atoms with van der Waals surface area (Å²) < 4.78 is 21.5. The van der Waals surface area contributed by atoms with Gasteiger partial charge in [0.15, 0.2) is 5.96 Å². The number of hydrogen-bond acceptors (Lipinski definition) is 4. The summed E-state index contributed by atoms with van der Waals surface area (Å²) in [5.74, 6) is 0.675. The van der Waals surface area contributed by atoms with Gasteiger partial charge >= 0.3 is 0 Å². The van der Waals surface area contributed by atoms with Gasteiger partial charge < -0.3 is 19.9 Å². The van der Waals surface area contributed by atoms with Crippen LogP contribution in [-0.2, 0) is 11.8 Å². The Bertz CT molecular complexity index is 799. The van der Waals surface area contributed by atoms with Crippen LogP contribution in [0, 0.1) is 5.82 Å². The highest BCUT2D eigenvalue weighted by molar-refractivity contribution is 14.0. The number of rotatable bonds is 6. The van der Waals surface area contributed by atoms with Gasteiger partial charge in [-0.1, -0.05) is 12.1 Å². The average Bonchev–Trinajstić information content (AvgIpc) is 3.15. The summed E-state index contributed by atoms with van der Waals surface area (Å²) in [7, 11) is 5.61. The van der Waals surface area contributed by atoms with Gasteiger partial charge in [-0.15, -0.1) is 24.0 Å². The number of guanidine groups is 1. The van der Waals surface area contributed by atoms with Gasteiger partial charge in [0.2, 0.25) is 0 Å². The molecule has 160 valence electrons. The van der Waals surface area contributed by atoms with Crippen LogP contribution in [0.1, 0.15) is 18.1 Å². The van der Waals surface area contributed by atoms with E-state index in [2.05, 4.69) is 20.3 Å². The third-order valence-corrected chi connectivity index (χ3v) is 4.89. The van der Waals surface area contributed by atoms with Crippen molar-refractivity contribution in [3.05, 3.63) is 48.0 Å². The lowest BCUT2D eigenvalue weighted by molar-refractivity contribution is -0.00801. The van der Waals surface area contributed by atoms with Crippen molar-refractivity contribution in [1.82, 2.24) is 20.0 Å². The molecule has 1 N–H and O–H groups in total. The predicted molar refractivity (Wildman–Crippen MR) is 125 cm³/mol. The first kappa shape index (κ1) is 23.4. The summed E-state index contributed by atoms with van der Waals surface area (Å²) in [4.78, 5) is 8.56. The van der Waals surface area contributed by atoms with E-state index in [1.807, 2.05) is 37.5 Å². The molecule has 2 heterocycles. The van der Waals surface area contributed by atoms with Crippen LogP contribution in [0.25, 0.3) is 0 Å². The van der Waals surface area contributed by atoms with Gasteiger partial charge in [-0.2, -0.15) is 5.10 Å². The van der Waals surface area contributed by atoms with Crippen molar-refractivity contribution < 1.29 is 9.13 Å². The predicted octanol–water partition coefficient (Wildman–Crippen LogP) is 2.65. The van der Waals surface area contributed by atoms with E-state index in [9.17, 15) is 4.39 Å². The monoisotopic (exact) mass is 516 g/mol. The van der Waals surface area contributed by atoms with Gasteiger partial charge in [0.1, 0.15) is 11.9 Å². The molecule has 1 aromatic carbocycles. The second-order valence-electron chi connectivity index (χ2n) is 6.95. The standard InChI is InChI=1S/C20H29FN6O.HI/c1-22-20(23-9-6-10-25(2)18-8-5-4-7-17(18)21)27-11-12-28-19(15-27)16-13-24-26(3)14-16;/h4-5,7-8,13-14,19H,6,9-12,15H2,1-3H3,(H,22,23);1H. The molecular weight excluding hydrogens is 486 g/mol. The lowest BCUT2D eigenvalue weighted by Crippen LogP contribution is -2.48. The molecule has 0 radical (unpaired) electrons. The second-order valence-corrected chi connectivity index (χ2v) is 6.95. The van der Waals surface area contributed by atoms with Crippen molar-refractivity contribution in [1.29, 1.82) is 0 Å². The largest absolute Gasteiger partial charge is 0.372 e. The molecule has 0 spiro atoms. The Balaban J connectivity index is 0.00000300. The Kier molecular flexibility index (Phi) is 9.15. The first-order valence-electron chi connectivity index (χ1n) is 9.60. The van der Waals surface area contributed by atoms with Gasteiger partial charge in [-0.05, 0) is 18.6 Å². The Morgan fingerprint density at radius 2 is 2.21 bits per heavy atom. The van der Waals surface area contributed by atoms with Crippen LogP contribution in [0.15, 0.2) is 41.7 Å². The molecule has 0 amide bonds. The molecule has 1 unspecified atom stereocenters. The number of aryl methyl sites for hydroxylation is 1.